The summed E-state index contributed by atoms with van der Waals surface area (Å²) in [5.74, 6) is 0.861. The van der Waals surface area contributed by atoms with Gasteiger partial charge < -0.3 is 15.5 Å². The summed E-state index contributed by atoms with van der Waals surface area (Å²) in [6.07, 6.45) is 0. The Kier molecular flexibility index (Phi) is 7.79. The molecule has 130 valence electrons. The zero-order valence-electron chi connectivity index (χ0n) is 14.9. The highest BCUT2D eigenvalue weighted by Crippen LogP contribution is 2.08. The Morgan fingerprint density at radius 3 is 2.67 bits per heavy atom. The van der Waals surface area contributed by atoms with Crippen molar-refractivity contribution in [1.29, 1.82) is 0 Å². The predicted octanol–water partition coefficient (Wildman–Crippen LogP) is 3.46. The largest absolute Gasteiger partial charge is 0.357 e. The molecule has 0 radical (unpaired) electrons. The lowest BCUT2D eigenvalue weighted by atomic mass is 10.1. The van der Waals surface area contributed by atoms with E-state index >= 15 is 0 Å². The van der Waals surface area contributed by atoms with Gasteiger partial charge in [-0.2, -0.15) is 11.3 Å². The van der Waals surface area contributed by atoms with Gasteiger partial charge in [-0.05, 0) is 54.0 Å². The van der Waals surface area contributed by atoms with Crippen molar-refractivity contribution >= 4 is 17.3 Å². The summed E-state index contributed by atoms with van der Waals surface area (Å²) in [4.78, 5) is 6.95. The fourth-order valence-corrected chi connectivity index (χ4v) is 3.00. The molecule has 0 fully saturated rings. The lowest BCUT2D eigenvalue weighted by molar-refractivity contribution is 0.345. The fraction of sp³-hybridized carbons (Fsp3) is 0.421. The second-order valence-corrected chi connectivity index (χ2v) is 6.61. The second-order valence-electron chi connectivity index (χ2n) is 5.83. The second kappa shape index (κ2) is 10.1. The Hall–Kier alpha value is -1.85. The zero-order chi connectivity index (χ0) is 17.2. The molecular formula is C19H28N4S. The van der Waals surface area contributed by atoms with E-state index in [1.165, 1.54) is 16.7 Å². The van der Waals surface area contributed by atoms with Gasteiger partial charge in [0.05, 0.1) is 6.54 Å². The average molecular weight is 345 g/mol. The molecule has 0 aliphatic rings. The predicted molar refractivity (Wildman–Crippen MR) is 104 cm³/mol. The summed E-state index contributed by atoms with van der Waals surface area (Å²) in [5, 5.41) is 11.0. The standard InChI is InChI=1S/C19H28N4S/c1-4-20-19(22-13-18-9-10-24-15-18)21-12-16-7-6-8-17(11-16)14-23(3)5-2/h6-11,15H,4-5,12-14H2,1-3H3,(H2,20,21,22). The van der Waals surface area contributed by atoms with Gasteiger partial charge in [-0.1, -0.05) is 31.2 Å². The lowest BCUT2D eigenvalue weighted by Crippen LogP contribution is -2.36. The Balaban J connectivity index is 1.93. The van der Waals surface area contributed by atoms with Gasteiger partial charge in [0, 0.05) is 19.6 Å². The molecule has 2 N–H and O–H groups in total. The molecule has 2 aromatic rings. The summed E-state index contributed by atoms with van der Waals surface area (Å²) in [5.41, 5.74) is 3.87. The van der Waals surface area contributed by atoms with E-state index in [-0.39, 0.29) is 0 Å². The first-order valence-electron chi connectivity index (χ1n) is 8.50. The molecule has 2 rings (SSSR count). The van der Waals surface area contributed by atoms with Gasteiger partial charge in [0.2, 0.25) is 0 Å². The minimum Gasteiger partial charge on any atom is -0.357 e. The molecular weight excluding hydrogens is 316 g/mol. The zero-order valence-corrected chi connectivity index (χ0v) is 15.7. The van der Waals surface area contributed by atoms with E-state index in [9.17, 15) is 0 Å². The smallest absolute Gasteiger partial charge is 0.191 e. The number of aliphatic imine (C=N–C) groups is 1. The number of hydrogen-bond acceptors (Lipinski definition) is 3. The molecule has 0 atom stereocenters. The molecule has 0 amide bonds. The third kappa shape index (κ3) is 6.34. The SMILES string of the molecule is CCNC(=NCc1ccsc1)NCc1cccc(CN(C)CC)c1. The van der Waals surface area contributed by atoms with E-state index in [0.29, 0.717) is 6.54 Å². The van der Waals surface area contributed by atoms with Crippen LogP contribution in [0.4, 0.5) is 0 Å². The summed E-state index contributed by atoms with van der Waals surface area (Å²) in [6.45, 7) is 8.65. The van der Waals surface area contributed by atoms with E-state index in [1.807, 2.05) is 0 Å². The van der Waals surface area contributed by atoms with Crippen molar-refractivity contribution in [3.63, 3.8) is 0 Å². The fourth-order valence-electron chi connectivity index (χ4n) is 2.34. The van der Waals surface area contributed by atoms with E-state index in [1.54, 1.807) is 11.3 Å². The maximum atomic E-state index is 4.65. The molecule has 24 heavy (non-hydrogen) atoms. The van der Waals surface area contributed by atoms with Gasteiger partial charge in [-0.3, -0.25) is 0 Å². The number of thiophene rings is 1. The summed E-state index contributed by atoms with van der Waals surface area (Å²) >= 11 is 1.71. The third-order valence-electron chi connectivity index (χ3n) is 3.79. The molecule has 0 spiro atoms. The van der Waals surface area contributed by atoms with Crippen LogP contribution in [0.2, 0.25) is 0 Å². The number of rotatable bonds is 8. The van der Waals surface area contributed by atoms with Gasteiger partial charge in [-0.15, -0.1) is 0 Å². The quantitative estimate of drug-likeness (QED) is 0.569. The van der Waals surface area contributed by atoms with Crippen LogP contribution in [0.15, 0.2) is 46.1 Å². The van der Waals surface area contributed by atoms with Gasteiger partial charge in [0.15, 0.2) is 5.96 Å². The maximum absolute atomic E-state index is 4.65. The molecule has 5 heteroatoms. The molecule has 0 unspecified atom stereocenters. The minimum absolute atomic E-state index is 0.708. The van der Waals surface area contributed by atoms with E-state index in [4.69, 9.17) is 0 Å². The molecule has 0 saturated heterocycles. The first-order chi connectivity index (χ1) is 11.7. The van der Waals surface area contributed by atoms with Crippen molar-refractivity contribution in [2.45, 2.75) is 33.5 Å². The van der Waals surface area contributed by atoms with Crippen LogP contribution in [-0.2, 0) is 19.6 Å². The number of nitrogens with one attached hydrogen (secondary N) is 2. The van der Waals surface area contributed by atoms with Crippen LogP contribution in [0.3, 0.4) is 0 Å². The molecule has 0 saturated carbocycles. The highest BCUT2D eigenvalue weighted by Gasteiger charge is 2.02. The number of benzene rings is 1. The number of hydrogen-bond donors (Lipinski definition) is 2. The minimum atomic E-state index is 0.708. The van der Waals surface area contributed by atoms with Crippen molar-refractivity contribution in [3.05, 3.63) is 57.8 Å². The summed E-state index contributed by atoms with van der Waals surface area (Å²) in [7, 11) is 2.14. The van der Waals surface area contributed by atoms with E-state index in [2.05, 4.69) is 82.5 Å². The Morgan fingerprint density at radius 1 is 1.12 bits per heavy atom. The summed E-state index contributed by atoms with van der Waals surface area (Å²) < 4.78 is 0. The Morgan fingerprint density at radius 2 is 1.96 bits per heavy atom. The maximum Gasteiger partial charge on any atom is 0.191 e. The highest BCUT2D eigenvalue weighted by molar-refractivity contribution is 7.07. The molecule has 4 nitrogen and oxygen atoms in total. The highest BCUT2D eigenvalue weighted by atomic mass is 32.1. The van der Waals surface area contributed by atoms with E-state index in [0.717, 1.165) is 32.1 Å². The van der Waals surface area contributed by atoms with Crippen LogP contribution in [0.5, 0.6) is 0 Å². The molecule has 1 aromatic carbocycles. The molecule has 0 bridgehead atoms. The molecule has 0 aliphatic carbocycles. The number of guanidine groups is 1. The van der Waals surface area contributed by atoms with Gasteiger partial charge >= 0.3 is 0 Å². The van der Waals surface area contributed by atoms with Crippen molar-refractivity contribution < 1.29 is 0 Å². The monoisotopic (exact) mass is 344 g/mol. The molecule has 1 heterocycles. The average Bonchev–Trinajstić information content (AvgIpc) is 3.11. The van der Waals surface area contributed by atoms with Crippen LogP contribution in [0.25, 0.3) is 0 Å². The topological polar surface area (TPSA) is 39.7 Å². The van der Waals surface area contributed by atoms with Gasteiger partial charge in [0.25, 0.3) is 0 Å². The van der Waals surface area contributed by atoms with Gasteiger partial charge in [0.1, 0.15) is 0 Å². The molecule has 0 aliphatic heterocycles. The third-order valence-corrected chi connectivity index (χ3v) is 4.52. The van der Waals surface area contributed by atoms with Crippen LogP contribution in [0.1, 0.15) is 30.5 Å². The first kappa shape index (κ1) is 18.5. The van der Waals surface area contributed by atoms with Crippen LogP contribution in [-0.4, -0.2) is 31.0 Å². The first-order valence-corrected chi connectivity index (χ1v) is 9.45. The van der Waals surface area contributed by atoms with Gasteiger partial charge in [-0.25, -0.2) is 4.99 Å². The molecule has 1 aromatic heterocycles. The number of nitrogens with zero attached hydrogens (tertiary/aromatic N) is 2. The summed E-state index contributed by atoms with van der Waals surface area (Å²) in [6, 6.07) is 10.9. The van der Waals surface area contributed by atoms with Crippen LogP contribution < -0.4 is 10.6 Å². The van der Waals surface area contributed by atoms with E-state index < -0.39 is 0 Å². The Labute approximate surface area is 149 Å². The Bertz CT molecular complexity index is 622. The van der Waals surface area contributed by atoms with Crippen molar-refractivity contribution in [1.82, 2.24) is 15.5 Å². The van der Waals surface area contributed by atoms with Crippen LogP contribution >= 0.6 is 11.3 Å². The van der Waals surface area contributed by atoms with Crippen molar-refractivity contribution in [2.75, 3.05) is 20.1 Å². The van der Waals surface area contributed by atoms with Crippen LogP contribution in [0, 0.1) is 0 Å². The lowest BCUT2D eigenvalue weighted by Gasteiger charge is -2.15. The normalized spacial score (nSPS) is 11.8. The van der Waals surface area contributed by atoms with Crippen molar-refractivity contribution in [2.24, 2.45) is 4.99 Å². The van der Waals surface area contributed by atoms with Crippen molar-refractivity contribution in [3.8, 4) is 0 Å².